The summed E-state index contributed by atoms with van der Waals surface area (Å²) in [5.41, 5.74) is 1.72. The molecular weight excluding hydrogens is 270 g/mol. The van der Waals surface area contributed by atoms with Crippen molar-refractivity contribution in [1.82, 2.24) is 14.9 Å². The highest BCUT2D eigenvalue weighted by atomic mass is 16.3. The van der Waals surface area contributed by atoms with Crippen molar-refractivity contribution >= 4 is 16.9 Å². The van der Waals surface area contributed by atoms with E-state index in [1.165, 1.54) is 4.57 Å². The smallest absolute Gasteiger partial charge is 0.326 e. The van der Waals surface area contributed by atoms with Crippen LogP contribution in [0.4, 0.5) is 0 Å². The number of rotatable bonds is 5. The third kappa shape index (κ3) is 3.52. The lowest BCUT2D eigenvalue weighted by atomic mass is 10.0. The molecule has 2 atom stereocenters. The Bertz CT molecular complexity index is 700. The molecule has 2 unspecified atom stereocenters. The molecule has 2 rings (SSSR count). The van der Waals surface area contributed by atoms with Crippen molar-refractivity contribution in [3.63, 3.8) is 0 Å². The van der Waals surface area contributed by atoms with Crippen LogP contribution < -0.4 is 11.0 Å². The maximum absolute atomic E-state index is 12.1. The quantitative estimate of drug-likeness (QED) is 0.768. The Labute approximate surface area is 122 Å². The maximum Gasteiger partial charge on any atom is 0.326 e. The van der Waals surface area contributed by atoms with Gasteiger partial charge in [0.2, 0.25) is 0 Å². The van der Waals surface area contributed by atoms with Gasteiger partial charge in [0.25, 0.3) is 5.91 Å². The van der Waals surface area contributed by atoms with Gasteiger partial charge in [-0.05, 0) is 37.5 Å². The van der Waals surface area contributed by atoms with E-state index in [9.17, 15) is 14.7 Å². The molecular formula is C15H21N3O3. The third-order valence-electron chi connectivity index (χ3n) is 3.52. The van der Waals surface area contributed by atoms with Gasteiger partial charge < -0.3 is 15.4 Å². The number of imidazole rings is 1. The van der Waals surface area contributed by atoms with Crippen molar-refractivity contribution in [3.05, 3.63) is 34.2 Å². The van der Waals surface area contributed by atoms with Gasteiger partial charge in [0.05, 0.1) is 17.1 Å². The molecule has 0 aliphatic rings. The topological polar surface area (TPSA) is 87.1 Å². The minimum Gasteiger partial charge on any atom is -0.393 e. The molecule has 6 nitrogen and oxygen atoms in total. The third-order valence-corrected chi connectivity index (χ3v) is 3.52. The monoisotopic (exact) mass is 291 g/mol. The van der Waals surface area contributed by atoms with Gasteiger partial charge >= 0.3 is 5.69 Å². The number of aliphatic hydroxyl groups excluding tert-OH is 1. The summed E-state index contributed by atoms with van der Waals surface area (Å²) >= 11 is 0. The molecule has 6 heteroatoms. The summed E-state index contributed by atoms with van der Waals surface area (Å²) in [6, 6.07) is 5.12. The highest BCUT2D eigenvalue weighted by molar-refractivity contribution is 5.97. The summed E-state index contributed by atoms with van der Waals surface area (Å²) in [7, 11) is 1.68. The fraction of sp³-hybridized carbons (Fsp3) is 0.467. The Hall–Kier alpha value is -2.08. The number of aliphatic hydroxyl groups is 1. The fourth-order valence-corrected chi connectivity index (χ4v) is 2.41. The molecule has 1 heterocycles. The Kier molecular flexibility index (Phi) is 4.47. The first kappa shape index (κ1) is 15.3. The number of nitrogens with one attached hydrogen (secondary N) is 2. The first-order chi connectivity index (χ1) is 9.88. The molecule has 1 aromatic carbocycles. The number of nitrogens with zero attached hydrogens (tertiary/aromatic N) is 1. The van der Waals surface area contributed by atoms with Crippen molar-refractivity contribution in [2.75, 3.05) is 6.54 Å². The van der Waals surface area contributed by atoms with Crippen LogP contribution in [0.3, 0.4) is 0 Å². The van der Waals surface area contributed by atoms with Gasteiger partial charge in [0, 0.05) is 19.2 Å². The number of amides is 1. The van der Waals surface area contributed by atoms with Crippen LogP contribution in [0.25, 0.3) is 11.0 Å². The number of fused-ring (bicyclic) bond motifs is 1. The van der Waals surface area contributed by atoms with Gasteiger partial charge in [0.15, 0.2) is 0 Å². The van der Waals surface area contributed by atoms with Crippen molar-refractivity contribution < 1.29 is 9.90 Å². The number of H-pyrrole nitrogens is 1. The number of carbonyl (C=O) groups excluding carboxylic acids is 1. The van der Waals surface area contributed by atoms with Gasteiger partial charge in [-0.3, -0.25) is 9.36 Å². The molecule has 0 spiro atoms. The van der Waals surface area contributed by atoms with Crippen molar-refractivity contribution in [2.45, 2.75) is 26.4 Å². The van der Waals surface area contributed by atoms with E-state index in [0.29, 0.717) is 24.0 Å². The van der Waals surface area contributed by atoms with Gasteiger partial charge in [-0.1, -0.05) is 6.92 Å². The van der Waals surface area contributed by atoms with E-state index >= 15 is 0 Å². The van der Waals surface area contributed by atoms with E-state index in [4.69, 9.17) is 0 Å². The largest absolute Gasteiger partial charge is 0.393 e. The van der Waals surface area contributed by atoms with Crippen molar-refractivity contribution in [3.8, 4) is 0 Å². The van der Waals surface area contributed by atoms with Crippen LogP contribution in [0.15, 0.2) is 23.0 Å². The van der Waals surface area contributed by atoms with E-state index in [-0.39, 0.29) is 23.6 Å². The highest BCUT2D eigenvalue weighted by Gasteiger charge is 2.11. The predicted octanol–water partition coefficient (Wildman–Crippen LogP) is 1.00. The highest BCUT2D eigenvalue weighted by Crippen LogP contribution is 2.12. The number of aryl methyl sites for hydroxylation is 1. The predicted molar refractivity (Wildman–Crippen MR) is 81.3 cm³/mol. The second-order valence-electron chi connectivity index (χ2n) is 5.62. The second kappa shape index (κ2) is 6.13. The zero-order valence-corrected chi connectivity index (χ0v) is 12.5. The number of hydrogen-bond donors (Lipinski definition) is 3. The van der Waals surface area contributed by atoms with Crippen molar-refractivity contribution in [1.29, 1.82) is 0 Å². The lowest BCUT2D eigenvalue weighted by molar-refractivity contribution is 0.0939. The number of hydrogen-bond acceptors (Lipinski definition) is 3. The van der Waals surface area contributed by atoms with Gasteiger partial charge in [-0.15, -0.1) is 0 Å². The fourth-order valence-electron chi connectivity index (χ4n) is 2.41. The molecule has 0 saturated heterocycles. The lowest BCUT2D eigenvalue weighted by Crippen LogP contribution is -2.29. The van der Waals surface area contributed by atoms with Gasteiger partial charge in [0.1, 0.15) is 0 Å². The van der Waals surface area contributed by atoms with E-state index in [0.717, 1.165) is 5.52 Å². The van der Waals surface area contributed by atoms with E-state index in [2.05, 4.69) is 10.3 Å². The minimum absolute atomic E-state index is 0.181. The summed E-state index contributed by atoms with van der Waals surface area (Å²) in [6.45, 7) is 4.22. The molecule has 0 bridgehead atoms. The zero-order valence-electron chi connectivity index (χ0n) is 12.5. The summed E-state index contributed by atoms with van der Waals surface area (Å²) in [5, 5.41) is 12.1. The Balaban J connectivity index is 2.08. The Morgan fingerprint density at radius 1 is 1.43 bits per heavy atom. The second-order valence-corrected chi connectivity index (χ2v) is 5.62. The zero-order chi connectivity index (χ0) is 15.6. The lowest BCUT2D eigenvalue weighted by Gasteiger charge is -2.14. The summed E-state index contributed by atoms with van der Waals surface area (Å²) in [4.78, 5) is 26.3. The van der Waals surface area contributed by atoms with E-state index in [1.54, 1.807) is 32.2 Å². The molecule has 0 radical (unpaired) electrons. The van der Waals surface area contributed by atoms with Crippen LogP contribution in [0, 0.1) is 5.92 Å². The number of aromatic nitrogens is 2. The van der Waals surface area contributed by atoms with E-state index in [1.807, 2.05) is 6.92 Å². The average molecular weight is 291 g/mol. The number of benzene rings is 1. The van der Waals surface area contributed by atoms with Crippen LogP contribution in [0.2, 0.25) is 0 Å². The SMILES string of the molecule is CC(O)CC(C)CNC(=O)c1ccc2c(c1)[nH]c(=O)n2C. The Morgan fingerprint density at radius 2 is 2.14 bits per heavy atom. The molecule has 0 saturated carbocycles. The van der Waals surface area contributed by atoms with Crippen LogP contribution in [0.1, 0.15) is 30.6 Å². The van der Waals surface area contributed by atoms with Crippen LogP contribution in [-0.2, 0) is 7.05 Å². The maximum atomic E-state index is 12.1. The van der Waals surface area contributed by atoms with Crippen LogP contribution in [-0.4, -0.2) is 33.2 Å². The molecule has 0 aliphatic carbocycles. The minimum atomic E-state index is -0.373. The first-order valence-corrected chi connectivity index (χ1v) is 7.03. The normalized spacial score (nSPS) is 14.1. The molecule has 1 amide bonds. The van der Waals surface area contributed by atoms with Crippen molar-refractivity contribution in [2.24, 2.45) is 13.0 Å². The molecule has 3 N–H and O–H groups in total. The molecule has 0 fully saturated rings. The molecule has 114 valence electrons. The van der Waals surface area contributed by atoms with Crippen LogP contribution >= 0.6 is 0 Å². The molecule has 2 aromatic rings. The number of carbonyl (C=O) groups is 1. The van der Waals surface area contributed by atoms with Gasteiger partial charge in [-0.25, -0.2) is 4.79 Å². The average Bonchev–Trinajstić information content (AvgIpc) is 2.70. The first-order valence-electron chi connectivity index (χ1n) is 7.03. The molecule has 0 aliphatic heterocycles. The summed E-state index contributed by atoms with van der Waals surface area (Å²) in [5.74, 6) is 0.0215. The summed E-state index contributed by atoms with van der Waals surface area (Å²) < 4.78 is 1.50. The number of aromatic amines is 1. The van der Waals surface area contributed by atoms with Crippen LogP contribution in [0.5, 0.6) is 0 Å². The summed E-state index contributed by atoms with van der Waals surface area (Å²) in [6.07, 6.45) is 0.272. The Morgan fingerprint density at radius 3 is 2.81 bits per heavy atom. The van der Waals surface area contributed by atoms with Gasteiger partial charge in [-0.2, -0.15) is 0 Å². The standard InChI is InChI=1S/C15H21N3O3/c1-9(6-10(2)19)8-16-14(20)11-4-5-13-12(7-11)17-15(21)18(13)3/h4-5,7,9-10,19H,6,8H2,1-3H3,(H,16,20)(H,17,21). The molecule has 1 aromatic heterocycles. The molecule has 21 heavy (non-hydrogen) atoms. The van der Waals surface area contributed by atoms with E-state index < -0.39 is 0 Å².